The van der Waals surface area contributed by atoms with E-state index in [1.165, 1.54) is 12.1 Å². The summed E-state index contributed by atoms with van der Waals surface area (Å²) < 4.78 is 12.8. The minimum Gasteiger partial charge on any atom is -0.397 e. The first kappa shape index (κ1) is 10.5. The van der Waals surface area contributed by atoms with E-state index in [0.717, 1.165) is 0 Å². The molecule has 2 N–H and O–H groups in total. The summed E-state index contributed by atoms with van der Waals surface area (Å²) in [6.07, 6.45) is 3.54. The van der Waals surface area contributed by atoms with Gasteiger partial charge in [-0.3, -0.25) is 0 Å². The molecule has 4 heteroatoms. The highest BCUT2D eigenvalue weighted by molar-refractivity contribution is 9.09. The van der Waals surface area contributed by atoms with E-state index in [-0.39, 0.29) is 10.8 Å². The summed E-state index contributed by atoms with van der Waals surface area (Å²) in [7, 11) is 0. The topological polar surface area (TPSA) is 26.0 Å². The third-order valence-corrected chi connectivity index (χ3v) is 2.20. The molecule has 0 aliphatic carbocycles. The Morgan fingerprint density at radius 3 is 2.85 bits per heavy atom. The lowest BCUT2D eigenvalue weighted by molar-refractivity contribution is 0.628. The number of nitrogens with two attached hydrogens (primary N) is 1. The molecule has 0 spiro atoms. The van der Waals surface area contributed by atoms with Gasteiger partial charge in [0, 0.05) is 10.9 Å². The SMILES string of the molecule is Nc1c(Cl)cc(F)cc1C=CCBr. The summed E-state index contributed by atoms with van der Waals surface area (Å²) in [5.41, 5.74) is 6.63. The largest absolute Gasteiger partial charge is 0.397 e. The van der Waals surface area contributed by atoms with Crippen LogP contribution in [0.2, 0.25) is 5.02 Å². The van der Waals surface area contributed by atoms with Crippen LogP contribution in [-0.2, 0) is 0 Å². The summed E-state index contributed by atoms with van der Waals surface area (Å²) in [6.45, 7) is 0. The maximum absolute atomic E-state index is 12.8. The molecule has 0 aliphatic heterocycles. The van der Waals surface area contributed by atoms with Gasteiger partial charge >= 0.3 is 0 Å². The van der Waals surface area contributed by atoms with Crippen LogP contribution in [-0.4, -0.2) is 5.33 Å². The zero-order chi connectivity index (χ0) is 9.84. The van der Waals surface area contributed by atoms with E-state index in [1.54, 1.807) is 6.08 Å². The third kappa shape index (κ3) is 2.71. The molecule has 1 rings (SSSR count). The van der Waals surface area contributed by atoms with Gasteiger partial charge in [0.05, 0.1) is 10.7 Å². The minimum atomic E-state index is -0.381. The Morgan fingerprint density at radius 1 is 1.54 bits per heavy atom. The van der Waals surface area contributed by atoms with Crippen molar-refractivity contribution in [2.45, 2.75) is 0 Å². The molecule has 0 saturated carbocycles. The molecule has 0 unspecified atom stereocenters. The fourth-order valence-corrected chi connectivity index (χ4v) is 1.31. The molecule has 0 bridgehead atoms. The first-order valence-corrected chi connectivity index (χ1v) is 5.12. The minimum absolute atomic E-state index is 0.245. The number of halogens is 3. The molecular weight excluding hydrogens is 256 g/mol. The van der Waals surface area contributed by atoms with Crippen molar-refractivity contribution in [2.24, 2.45) is 0 Å². The van der Waals surface area contributed by atoms with Crippen LogP contribution in [0.15, 0.2) is 18.2 Å². The lowest BCUT2D eigenvalue weighted by Crippen LogP contribution is -1.92. The van der Waals surface area contributed by atoms with E-state index in [1.807, 2.05) is 6.08 Å². The number of nitrogen functional groups attached to an aromatic ring is 1. The van der Waals surface area contributed by atoms with Crippen LogP contribution < -0.4 is 5.73 Å². The highest BCUT2D eigenvalue weighted by Gasteiger charge is 2.03. The number of alkyl halides is 1. The van der Waals surface area contributed by atoms with Crippen molar-refractivity contribution in [3.8, 4) is 0 Å². The van der Waals surface area contributed by atoms with Crippen molar-refractivity contribution in [2.75, 3.05) is 11.1 Å². The van der Waals surface area contributed by atoms with Crippen LogP contribution in [0.3, 0.4) is 0 Å². The number of hydrogen-bond acceptors (Lipinski definition) is 1. The van der Waals surface area contributed by atoms with E-state index in [2.05, 4.69) is 15.9 Å². The summed E-state index contributed by atoms with van der Waals surface area (Å²) in [5, 5.41) is 0.940. The van der Waals surface area contributed by atoms with E-state index >= 15 is 0 Å². The summed E-state index contributed by atoms with van der Waals surface area (Å²) in [4.78, 5) is 0. The molecule has 0 heterocycles. The van der Waals surface area contributed by atoms with Gasteiger partial charge < -0.3 is 5.73 Å². The maximum Gasteiger partial charge on any atom is 0.125 e. The lowest BCUT2D eigenvalue weighted by Gasteiger charge is -2.02. The van der Waals surface area contributed by atoms with E-state index in [9.17, 15) is 4.39 Å². The van der Waals surface area contributed by atoms with Gasteiger partial charge in [-0.1, -0.05) is 39.7 Å². The summed E-state index contributed by atoms with van der Waals surface area (Å²) >= 11 is 8.90. The second-order valence-corrected chi connectivity index (χ2v) is 3.50. The molecule has 0 fully saturated rings. The fraction of sp³-hybridized carbons (Fsp3) is 0.111. The molecule has 1 nitrogen and oxygen atoms in total. The van der Waals surface area contributed by atoms with Gasteiger partial charge in [0.15, 0.2) is 0 Å². The molecular formula is C9H8BrClFN. The van der Waals surface area contributed by atoms with Crippen molar-refractivity contribution in [1.82, 2.24) is 0 Å². The highest BCUT2D eigenvalue weighted by Crippen LogP contribution is 2.25. The number of rotatable bonds is 2. The highest BCUT2D eigenvalue weighted by atomic mass is 79.9. The predicted octanol–water partition coefficient (Wildman–Crippen LogP) is 3.47. The van der Waals surface area contributed by atoms with Gasteiger partial charge in [-0.25, -0.2) is 4.39 Å². The first-order chi connectivity index (χ1) is 6.15. The standard InChI is InChI=1S/C9H8BrClFN/c10-3-1-2-6-4-7(12)5-8(11)9(6)13/h1-2,4-5H,3,13H2. The summed E-state index contributed by atoms with van der Waals surface area (Å²) in [6, 6.07) is 2.54. The van der Waals surface area contributed by atoms with Crippen LogP contribution in [0.1, 0.15) is 5.56 Å². The van der Waals surface area contributed by atoms with Crippen LogP contribution in [0.5, 0.6) is 0 Å². The maximum atomic E-state index is 12.8. The number of hydrogen-bond donors (Lipinski definition) is 1. The molecule has 70 valence electrons. The second-order valence-electron chi connectivity index (χ2n) is 2.45. The number of allylic oxidation sites excluding steroid dienone is 1. The van der Waals surface area contributed by atoms with Gasteiger partial charge in [-0.2, -0.15) is 0 Å². The lowest BCUT2D eigenvalue weighted by atomic mass is 10.1. The number of anilines is 1. The van der Waals surface area contributed by atoms with E-state index < -0.39 is 0 Å². The normalized spacial score (nSPS) is 11.0. The molecule has 1 aromatic carbocycles. The Balaban J connectivity index is 3.12. The third-order valence-electron chi connectivity index (χ3n) is 1.51. The quantitative estimate of drug-likeness (QED) is 0.642. The Morgan fingerprint density at radius 2 is 2.23 bits per heavy atom. The second kappa shape index (κ2) is 4.63. The smallest absolute Gasteiger partial charge is 0.125 e. The van der Waals surface area contributed by atoms with Crippen molar-refractivity contribution >= 4 is 39.3 Å². The van der Waals surface area contributed by atoms with E-state index in [4.69, 9.17) is 17.3 Å². The molecule has 0 aromatic heterocycles. The molecule has 1 aromatic rings. The Hall–Kier alpha value is -0.540. The molecule has 0 saturated heterocycles. The fourth-order valence-electron chi connectivity index (χ4n) is 0.914. The van der Waals surface area contributed by atoms with Crippen LogP contribution in [0, 0.1) is 5.82 Å². The predicted molar refractivity (Wildman–Crippen MR) is 58.7 cm³/mol. The van der Waals surface area contributed by atoms with Gasteiger partial charge in [-0.15, -0.1) is 0 Å². The van der Waals surface area contributed by atoms with Crippen molar-refractivity contribution in [3.63, 3.8) is 0 Å². The number of benzene rings is 1. The zero-order valence-corrected chi connectivity index (χ0v) is 9.07. The first-order valence-electron chi connectivity index (χ1n) is 3.62. The van der Waals surface area contributed by atoms with E-state index in [0.29, 0.717) is 16.6 Å². The van der Waals surface area contributed by atoms with Crippen LogP contribution in [0.4, 0.5) is 10.1 Å². The van der Waals surface area contributed by atoms with Crippen LogP contribution in [0.25, 0.3) is 6.08 Å². The molecule has 0 atom stereocenters. The summed E-state index contributed by atoms with van der Waals surface area (Å²) in [5.74, 6) is -0.381. The van der Waals surface area contributed by atoms with Crippen molar-refractivity contribution in [3.05, 3.63) is 34.6 Å². The Bertz CT molecular complexity index is 339. The molecule has 0 radical (unpaired) electrons. The zero-order valence-electron chi connectivity index (χ0n) is 6.73. The average Bonchev–Trinajstić information content (AvgIpc) is 2.09. The van der Waals surface area contributed by atoms with Crippen LogP contribution >= 0.6 is 27.5 Å². The van der Waals surface area contributed by atoms with Crippen molar-refractivity contribution in [1.29, 1.82) is 0 Å². The Labute approximate surface area is 89.5 Å². The van der Waals surface area contributed by atoms with Gasteiger partial charge in [-0.05, 0) is 12.1 Å². The molecule has 0 aliphatic rings. The average molecular weight is 265 g/mol. The van der Waals surface area contributed by atoms with Gasteiger partial charge in [0.1, 0.15) is 5.82 Å². The molecule has 0 amide bonds. The Kier molecular flexibility index (Phi) is 3.75. The monoisotopic (exact) mass is 263 g/mol. The van der Waals surface area contributed by atoms with Gasteiger partial charge in [0.2, 0.25) is 0 Å². The van der Waals surface area contributed by atoms with Gasteiger partial charge in [0.25, 0.3) is 0 Å². The molecule has 13 heavy (non-hydrogen) atoms. The van der Waals surface area contributed by atoms with Crippen molar-refractivity contribution < 1.29 is 4.39 Å².